The van der Waals surface area contributed by atoms with E-state index < -0.39 is 10.0 Å². The second-order valence-corrected chi connectivity index (χ2v) is 7.94. The molecule has 1 amide bonds. The van der Waals surface area contributed by atoms with Crippen LogP contribution in [0.5, 0.6) is 11.5 Å². The van der Waals surface area contributed by atoms with Crippen molar-refractivity contribution in [2.75, 3.05) is 27.8 Å². The van der Waals surface area contributed by atoms with E-state index in [1.165, 1.54) is 27.3 Å². The van der Waals surface area contributed by atoms with Crippen molar-refractivity contribution in [3.8, 4) is 11.5 Å². The smallest absolute Gasteiger partial charge is 0.267 e. The zero-order valence-corrected chi connectivity index (χ0v) is 17.9. The van der Waals surface area contributed by atoms with Gasteiger partial charge in [-0.05, 0) is 48.5 Å². The third kappa shape index (κ3) is 5.81. The van der Waals surface area contributed by atoms with Crippen LogP contribution in [-0.4, -0.2) is 47.2 Å². The minimum Gasteiger partial charge on any atom is -0.496 e. The van der Waals surface area contributed by atoms with E-state index >= 15 is 0 Å². The predicted molar refractivity (Wildman–Crippen MR) is 114 cm³/mol. The van der Waals surface area contributed by atoms with Crippen molar-refractivity contribution < 1.29 is 22.7 Å². The highest BCUT2D eigenvalue weighted by atomic mass is 32.2. The summed E-state index contributed by atoms with van der Waals surface area (Å²) in [6.45, 7) is 0.311. The maximum Gasteiger partial charge on any atom is 0.267 e. The van der Waals surface area contributed by atoms with Gasteiger partial charge in [-0.25, -0.2) is 8.42 Å². The second-order valence-electron chi connectivity index (χ2n) is 5.88. The van der Waals surface area contributed by atoms with Crippen LogP contribution in [0.25, 0.3) is 0 Å². The van der Waals surface area contributed by atoms with E-state index in [1.54, 1.807) is 36.4 Å². The summed E-state index contributed by atoms with van der Waals surface area (Å²) in [6.07, 6.45) is 0.421. The van der Waals surface area contributed by atoms with E-state index in [1.807, 2.05) is 0 Å². The van der Waals surface area contributed by atoms with Crippen LogP contribution in [0.15, 0.2) is 47.4 Å². The second kappa shape index (κ2) is 10.1. The molecule has 29 heavy (non-hydrogen) atoms. The average Bonchev–Trinajstić information content (AvgIpc) is 2.73. The summed E-state index contributed by atoms with van der Waals surface area (Å²) < 4.78 is 37.7. The number of benzene rings is 2. The molecule has 0 heterocycles. The lowest BCUT2D eigenvalue weighted by molar-refractivity contribution is 0.0951. The molecule has 8 nitrogen and oxygen atoms in total. The van der Waals surface area contributed by atoms with Crippen LogP contribution in [0, 0.1) is 0 Å². The zero-order valence-electron chi connectivity index (χ0n) is 16.3. The van der Waals surface area contributed by atoms with E-state index in [4.69, 9.17) is 21.7 Å². The van der Waals surface area contributed by atoms with E-state index in [9.17, 15) is 13.2 Å². The van der Waals surface area contributed by atoms with Crippen molar-refractivity contribution in [1.82, 2.24) is 15.4 Å². The van der Waals surface area contributed by atoms with Gasteiger partial charge in [-0.15, -0.1) is 0 Å². The fraction of sp³-hybridized carbons (Fsp3) is 0.263. The number of carbonyl (C=O) groups excluding carboxylic acids is 1. The van der Waals surface area contributed by atoms with Gasteiger partial charge in [-0.3, -0.25) is 9.52 Å². The number of rotatable bonds is 8. The van der Waals surface area contributed by atoms with Gasteiger partial charge in [-0.2, -0.15) is 0 Å². The van der Waals surface area contributed by atoms with Crippen LogP contribution < -0.4 is 24.8 Å². The third-order valence-electron chi connectivity index (χ3n) is 4.02. The maximum atomic E-state index is 12.6. The molecule has 0 aliphatic carbocycles. The summed E-state index contributed by atoms with van der Waals surface area (Å²) in [4.78, 5) is 12.3. The fourth-order valence-electron chi connectivity index (χ4n) is 2.56. The zero-order chi connectivity index (χ0) is 21.4. The molecule has 0 radical (unpaired) electrons. The molecule has 156 valence electrons. The number of para-hydroxylation sites is 1. The van der Waals surface area contributed by atoms with E-state index in [0.717, 1.165) is 0 Å². The number of sulfonamides is 1. The van der Waals surface area contributed by atoms with E-state index in [-0.39, 0.29) is 21.7 Å². The van der Waals surface area contributed by atoms with Crippen molar-refractivity contribution in [2.24, 2.45) is 0 Å². The Kier molecular flexibility index (Phi) is 7.80. The number of nitrogens with one attached hydrogen (secondary N) is 3. The monoisotopic (exact) mass is 437 g/mol. The molecule has 0 aliphatic heterocycles. The molecule has 0 atom stereocenters. The normalized spacial score (nSPS) is 10.7. The summed E-state index contributed by atoms with van der Waals surface area (Å²) in [6, 6.07) is 11.7. The molecule has 0 fully saturated rings. The number of thiocarbonyl (C=S) groups is 1. The third-order valence-corrected chi connectivity index (χ3v) is 5.83. The first-order valence-corrected chi connectivity index (χ1v) is 10.5. The lowest BCUT2D eigenvalue weighted by Gasteiger charge is -2.14. The van der Waals surface area contributed by atoms with Crippen molar-refractivity contribution in [3.05, 3.63) is 53.6 Å². The van der Waals surface area contributed by atoms with Gasteiger partial charge < -0.3 is 20.1 Å². The molecule has 0 spiro atoms. The highest BCUT2D eigenvalue weighted by Gasteiger charge is 2.21. The summed E-state index contributed by atoms with van der Waals surface area (Å²) in [5, 5.41) is 5.34. The van der Waals surface area contributed by atoms with Crippen LogP contribution in [0.3, 0.4) is 0 Å². The molecule has 2 aromatic carbocycles. The Balaban J connectivity index is 2.12. The fourth-order valence-corrected chi connectivity index (χ4v) is 4.07. The number of hydrogen-bond donors (Lipinski definition) is 3. The van der Waals surface area contributed by atoms with Gasteiger partial charge in [0.25, 0.3) is 15.9 Å². The molecule has 0 bridgehead atoms. The molecule has 0 aliphatic rings. The van der Waals surface area contributed by atoms with Crippen molar-refractivity contribution in [3.63, 3.8) is 0 Å². The average molecular weight is 438 g/mol. The molecular formula is C19H23N3O5S2. The molecule has 2 aromatic rings. The molecule has 10 heteroatoms. The standard InChI is InChI=1S/C19H23N3O5S2/c1-20-19(28)22-29(24,25)17-12-13(8-9-16(17)27-3)10-11-21-18(23)14-6-4-5-7-15(14)26-2/h4-9,12H,10-11H2,1-3H3,(H,21,23)(H2,20,22,28). The first kappa shape index (κ1) is 22.4. The summed E-state index contributed by atoms with van der Waals surface area (Å²) >= 11 is 4.88. The minimum atomic E-state index is -3.91. The molecule has 2 rings (SSSR count). The van der Waals surface area contributed by atoms with Crippen LogP contribution in [-0.2, 0) is 16.4 Å². The Morgan fingerprint density at radius 1 is 1.07 bits per heavy atom. The van der Waals surface area contributed by atoms with Crippen LogP contribution in [0.2, 0.25) is 0 Å². The highest BCUT2D eigenvalue weighted by molar-refractivity contribution is 7.92. The Hall–Kier alpha value is -2.85. The molecule has 0 saturated heterocycles. The van der Waals surface area contributed by atoms with Crippen molar-refractivity contribution in [1.29, 1.82) is 0 Å². The highest BCUT2D eigenvalue weighted by Crippen LogP contribution is 2.25. The summed E-state index contributed by atoms with van der Waals surface area (Å²) in [5.41, 5.74) is 1.14. The van der Waals surface area contributed by atoms with Gasteiger partial charge in [0.2, 0.25) is 0 Å². The minimum absolute atomic E-state index is 0.0264. The Morgan fingerprint density at radius 2 is 1.76 bits per heavy atom. The lowest BCUT2D eigenvalue weighted by atomic mass is 10.1. The predicted octanol–water partition coefficient (Wildman–Crippen LogP) is 1.46. The van der Waals surface area contributed by atoms with Crippen molar-refractivity contribution in [2.45, 2.75) is 11.3 Å². The van der Waals surface area contributed by atoms with Crippen LogP contribution in [0.4, 0.5) is 0 Å². The quantitative estimate of drug-likeness (QED) is 0.537. The summed E-state index contributed by atoms with van der Waals surface area (Å²) in [7, 11) is 0.490. The molecular weight excluding hydrogens is 414 g/mol. The van der Waals surface area contributed by atoms with Gasteiger partial charge in [0.05, 0.1) is 19.8 Å². The number of methoxy groups -OCH3 is 2. The van der Waals surface area contributed by atoms with E-state index in [0.29, 0.717) is 29.8 Å². The largest absolute Gasteiger partial charge is 0.496 e. The maximum absolute atomic E-state index is 12.6. The first-order valence-electron chi connectivity index (χ1n) is 8.65. The Bertz CT molecular complexity index is 993. The van der Waals surface area contributed by atoms with Crippen LogP contribution in [0.1, 0.15) is 15.9 Å². The van der Waals surface area contributed by atoms with Gasteiger partial charge in [0.15, 0.2) is 5.11 Å². The number of ether oxygens (including phenoxy) is 2. The molecule has 3 N–H and O–H groups in total. The van der Waals surface area contributed by atoms with Gasteiger partial charge in [0, 0.05) is 13.6 Å². The summed E-state index contributed by atoms with van der Waals surface area (Å²) in [5.74, 6) is 0.400. The van der Waals surface area contributed by atoms with Gasteiger partial charge in [0.1, 0.15) is 16.4 Å². The van der Waals surface area contributed by atoms with Crippen molar-refractivity contribution >= 4 is 33.3 Å². The molecule has 0 unspecified atom stereocenters. The van der Waals surface area contributed by atoms with Gasteiger partial charge in [-0.1, -0.05) is 18.2 Å². The Morgan fingerprint density at radius 3 is 2.41 bits per heavy atom. The number of hydrogen-bond acceptors (Lipinski definition) is 6. The van der Waals surface area contributed by atoms with E-state index in [2.05, 4.69) is 15.4 Å². The molecule has 0 aromatic heterocycles. The molecule has 0 saturated carbocycles. The number of carbonyl (C=O) groups is 1. The Labute approximate surface area is 175 Å². The first-order chi connectivity index (χ1) is 13.8. The topological polar surface area (TPSA) is 106 Å². The SMILES string of the molecule is CNC(=S)NS(=O)(=O)c1cc(CCNC(=O)c2ccccc2OC)ccc1OC. The van der Waals surface area contributed by atoms with Gasteiger partial charge >= 0.3 is 0 Å². The number of amides is 1. The lowest BCUT2D eigenvalue weighted by Crippen LogP contribution is -2.37. The van der Waals surface area contributed by atoms with Crippen LogP contribution >= 0.6 is 12.2 Å².